The van der Waals surface area contributed by atoms with Crippen LogP contribution in [-0.4, -0.2) is 24.8 Å². The maximum atomic E-state index is 13.6. The van der Waals surface area contributed by atoms with Crippen LogP contribution in [0.5, 0.6) is 5.75 Å². The van der Waals surface area contributed by atoms with Gasteiger partial charge in [0.25, 0.3) is 11.8 Å². The third-order valence-corrected chi connectivity index (χ3v) is 8.53. The van der Waals surface area contributed by atoms with E-state index in [2.05, 4.69) is 31.9 Å². The van der Waals surface area contributed by atoms with Crippen LogP contribution in [0.2, 0.25) is 0 Å². The van der Waals surface area contributed by atoms with Crippen molar-refractivity contribution in [2.75, 3.05) is 17.7 Å². The van der Waals surface area contributed by atoms with E-state index < -0.39 is 17.1 Å². The molecule has 7 nitrogen and oxygen atoms in total. The molecule has 0 aliphatic heterocycles. The molecule has 0 aliphatic rings. The molecule has 0 radical (unpaired) electrons. The Kier molecular flexibility index (Phi) is 11.0. The van der Waals surface area contributed by atoms with E-state index in [9.17, 15) is 14.4 Å². The number of amides is 3. The van der Waals surface area contributed by atoms with Crippen molar-refractivity contribution in [2.45, 2.75) is 10.1 Å². The number of hydrogen-bond donors (Lipinski definition) is 3. The summed E-state index contributed by atoms with van der Waals surface area (Å²) in [5.41, 5.74) is 3.23. The highest BCUT2D eigenvalue weighted by atomic mass is 79.9. The van der Waals surface area contributed by atoms with E-state index in [0.29, 0.717) is 22.7 Å². The molecule has 9 heteroatoms. The lowest BCUT2D eigenvalue weighted by Gasteiger charge is -2.18. The Morgan fingerprint density at radius 2 is 1.41 bits per heavy atom. The lowest BCUT2D eigenvalue weighted by Crippen LogP contribution is -2.30. The second-order valence-corrected chi connectivity index (χ2v) is 12.1. The van der Waals surface area contributed by atoms with Crippen molar-refractivity contribution in [1.82, 2.24) is 5.32 Å². The van der Waals surface area contributed by atoms with Crippen molar-refractivity contribution in [3.8, 4) is 5.75 Å². The number of nitrogens with one attached hydrogen (secondary N) is 3. The first-order chi connectivity index (χ1) is 22.4. The quantitative estimate of drug-likeness (QED) is 0.0956. The van der Waals surface area contributed by atoms with Crippen LogP contribution >= 0.6 is 27.7 Å². The fourth-order valence-corrected chi connectivity index (χ4v) is 5.78. The molecule has 0 aromatic heterocycles. The van der Waals surface area contributed by atoms with E-state index in [1.54, 1.807) is 73.8 Å². The molecule has 5 aromatic carbocycles. The molecule has 0 spiro atoms. The Bertz CT molecular complexity index is 1830. The van der Waals surface area contributed by atoms with Crippen molar-refractivity contribution in [1.29, 1.82) is 0 Å². The van der Waals surface area contributed by atoms with Crippen LogP contribution in [0, 0.1) is 0 Å². The highest BCUT2D eigenvalue weighted by Gasteiger charge is 2.23. The topological polar surface area (TPSA) is 96.5 Å². The van der Waals surface area contributed by atoms with Crippen LogP contribution in [0.15, 0.2) is 149 Å². The van der Waals surface area contributed by atoms with Gasteiger partial charge in [0, 0.05) is 26.3 Å². The molecular formula is C37H30BrN3O4S. The number of benzene rings is 5. The average molecular weight is 693 g/mol. The SMILES string of the molecule is COc1ccc(NC(=O)C(Sc2cccc(NC(=O)/C(=C/c3ccc(Br)cc3)NC(=O)c3ccccc3)c2)c2ccccc2)cc1. The second-order valence-electron chi connectivity index (χ2n) is 10.0. The Balaban J connectivity index is 1.36. The first-order valence-electron chi connectivity index (χ1n) is 14.3. The fourth-order valence-electron chi connectivity index (χ4n) is 4.43. The van der Waals surface area contributed by atoms with Crippen LogP contribution in [0.3, 0.4) is 0 Å². The van der Waals surface area contributed by atoms with E-state index in [1.807, 2.05) is 72.8 Å². The number of thioether (sulfide) groups is 1. The van der Waals surface area contributed by atoms with Gasteiger partial charge in [-0.3, -0.25) is 14.4 Å². The molecule has 230 valence electrons. The maximum absolute atomic E-state index is 13.6. The molecule has 0 saturated carbocycles. The van der Waals surface area contributed by atoms with Crippen LogP contribution < -0.4 is 20.7 Å². The van der Waals surface area contributed by atoms with Gasteiger partial charge in [0.05, 0.1) is 7.11 Å². The van der Waals surface area contributed by atoms with Gasteiger partial charge in [-0.15, -0.1) is 11.8 Å². The predicted molar refractivity (Wildman–Crippen MR) is 188 cm³/mol. The summed E-state index contributed by atoms with van der Waals surface area (Å²) in [6.45, 7) is 0. The normalized spacial score (nSPS) is 11.7. The first kappa shape index (κ1) is 32.3. The summed E-state index contributed by atoms with van der Waals surface area (Å²) in [7, 11) is 1.59. The minimum Gasteiger partial charge on any atom is -0.497 e. The van der Waals surface area contributed by atoms with Crippen LogP contribution in [0.1, 0.15) is 26.7 Å². The molecule has 5 aromatic rings. The third-order valence-electron chi connectivity index (χ3n) is 6.75. The zero-order valence-corrected chi connectivity index (χ0v) is 27.2. The van der Waals surface area contributed by atoms with Gasteiger partial charge in [0.1, 0.15) is 16.7 Å². The van der Waals surface area contributed by atoms with E-state index >= 15 is 0 Å². The van der Waals surface area contributed by atoms with Gasteiger partial charge in [-0.05, 0) is 83.9 Å². The molecule has 3 amide bonds. The molecule has 5 rings (SSSR count). The van der Waals surface area contributed by atoms with Crippen molar-refractivity contribution in [2.24, 2.45) is 0 Å². The van der Waals surface area contributed by atoms with E-state index in [-0.39, 0.29) is 11.6 Å². The second kappa shape index (κ2) is 15.7. The van der Waals surface area contributed by atoms with Gasteiger partial charge >= 0.3 is 0 Å². The average Bonchev–Trinajstić information content (AvgIpc) is 3.09. The van der Waals surface area contributed by atoms with Gasteiger partial charge in [0.2, 0.25) is 5.91 Å². The molecule has 0 bridgehead atoms. The molecular weight excluding hydrogens is 662 g/mol. The van der Waals surface area contributed by atoms with Crippen LogP contribution in [-0.2, 0) is 9.59 Å². The number of carbonyl (C=O) groups excluding carboxylic acids is 3. The number of carbonyl (C=O) groups is 3. The Morgan fingerprint density at radius 1 is 0.739 bits per heavy atom. The molecule has 0 saturated heterocycles. The Morgan fingerprint density at radius 3 is 2.09 bits per heavy atom. The summed E-state index contributed by atoms with van der Waals surface area (Å²) in [6, 6.07) is 40.0. The summed E-state index contributed by atoms with van der Waals surface area (Å²) in [5.74, 6) is -0.400. The standard InChI is InChI=1S/C37H30BrN3O4S/c1-45-31-21-19-29(20-22-31)39-37(44)34(26-9-4-2-5-10-26)46-32-14-8-13-30(24-32)40-36(43)33(23-25-15-17-28(38)18-16-25)41-35(42)27-11-6-3-7-12-27/h2-24,34H,1H3,(H,39,44)(H,40,43)(H,41,42)/b33-23-. The third kappa shape index (κ3) is 8.97. The molecule has 0 aliphatic carbocycles. The van der Waals surface area contributed by atoms with Crippen LogP contribution in [0.25, 0.3) is 6.08 Å². The lowest BCUT2D eigenvalue weighted by molar-refractivity contribution is -0.116. The molecule has 0 heterocycles. The fraction of sp³-hybridized carbons (Fsp3) is 0.0541. The number of hydrogen-bond acceptors (Lipinski definition) is 5. The molecule has 3 N–H and O–H groups in total. The number of ether oxygens (including phenoxy) is 1. The monoisotopic (exact) mass is 691 g/mol. The zero-order chi connectivity index (χ0) is 32.3. The minimum atomic E-state index is -0.577. The lowest BCUT2D eigenvalue weighted by atomic mass is 10.1. The number of rotatable bonds is 11. The van der Waals surface area contributed by atoms with Gasteiger partial charge < -0.3 is 20.7 Å². The highest BCUT2D eigenvalue weighted by molar-refractivity contribution is 9.10. The summed E-state index contributed by atoms with van der Waals surface area (Å²) in [6.07, 6.45) is 1.62. The Hall–Kier alpha value is -5.12. The Labute approximate surface area is 280 Å². The number of anilines is 2. The smallest absolute Gasteiger partial charge is 0.272 e. The van der Waals surface area contributed by atoms with Gasteiger partial charge in [-0.25, -0.2) is 0 Å². The van der Waals surface area contributed by atoms with Gasteiger partial charge in [-0.2, -0.15) is 0 Å². The summed E-state index contributed by atoms with van der Waals surface area (Å²) < 4.78 is 6.12. The van der Waals surface area contributed by atoms with Crippen molar-refractivity contribution >= 4 is 62.9 Å². The highest BCUT2D eigenvalue weighted by Crippen LogP contribution is 2.37. The van der Waals surface area contributed by atoms with Crippen LogP contribution in [0.4, 0.5) is 11.4 Å². The number of methoxy groups -OCH3 is 1. The summed E-state index contributed by atoms with van der Waals surface area (Å²) in [5, 5.41) is 8.09. The zero-order valence-electron chi connectivity index (χ0n) is 24.8. The molecule has 46 heavy (non-hydrogen) atoms. The van der Waals surface area contributed by atoms with Crippen molar-refractivity contribution < 1.29 is 19.1 Å². The molecule has 1 unspecified atom stereocenters. The van der Waals surface area contributed by atoms with Crippen molar-refractivity contribution in [3.05, 3.63) is 160 Å². The predicted octanol–water partition coefficient (Wildman–Crippen LogP) is 8.34. The summed E-state index contributed by atoms with van der Waals surface area (Å²) >= 11 is 4.78. The van der Waals surface area contributed by atoms with Crippen molar-refractivity contribution in [3.63, 3.8) is 0 Å². The number of halogens is 1. The van der Waals surface area contributed by atoms with E-state index in [1.165, 1.54) is 11.8 Å². The van der Waals surface area contributed by atoms with E-state index in [0.717, 1.165) is 20.5 Å². The van der Waals surface area contributed by atoms with Gasteiger partial charge in [-0.1, -0.05) is 82.7 Å². The largest absolute Gasteiger partial charge is 0.497 e. The first-order valence-corrected chi connectivity index (χ1v) is 16.0. The summed E-state index contributed by atoms with van der Waals surface area (Å²) in [4.78, 5) is 40.9. The minimum absolute atomic E-state index is 0.0789. The molecule has 0 fully saturated rings. The molecule has 1 atom stereocenters. The maximum Gasteiger partial charge on any atom is 0.272 e. The van der Waals surface area contributed by atoms with Gasteiger partial charge in [0.15, 0.2) is 0 Å². The van der Waals surface area contributed by atoms with E-state index in [4.69, 9.17) is 4.74 Å².